The van der Waals surface area contributed by atoms with Crippen LogP contribution in [0.3, 0.4) is 0 Å². The van der Waals surface area contributed by atoms with Crippen molar-refractivity contribution in [2.45, 2.75) is 20.4 Å². The molecule has 0 fully saturated rings. The summed E-state index contributed by atoms with van der Waals surface area (Å²) in [5.41, 5.74) is 2.74. The second-order valence-electron chi connectivity index (χ2n) is 3.97. The lowest BCUT2D eigenvalue weighted by molar-refractivity contribution is 0.707. The van der Waals surface area contributed by atoms with E-state index in [1.54, 1.807) is 6.20 Å². The fraction of sp³-hybridized carbons (Fsp3) is 0.308. The van der Waals surface area contributed by atoms with E-state index in [0.717, 1.165) is 34.6 Å². The van der Waals surface area contributed by atoms with Crippen LogP contribution in [0.2, 0.25) is 0 Å². The van der Waals surface area contributed by atoms with Gasteiger partial charge in [-0.25, -0.2) is 9.97 Å². The summed E-state index contributed by atoms with van der Waals surface area (Å²) in [6.45, 7) is 5.73. The lowest BCUT2D eigenvalue weighted by Gasteiger charge is -2.06. The molecule has 1 N–H and O–H groups in total. The summed E-state index contributed by atoms with van der Waals surface area (Å²) < 4.78 is 0.951. The van der Waals surface area contributed by atoms with Crippen molar-refractivity contribution in [1.82, 2.24) is 20.3 Å². The third-order valence-electron chi connectivity index (χ3n) is 2.42. The predicted molar refractivity (Wildman–Crippen MR) is 75.1 cm³/mol. The Morgan fingerprint density at radius 2 is 2.11 bits per heavy atom. The zero-order chi connectivity index (χ0) is 13.0. The first-order valence-electron chi connectivity index (χ1n) is 5.86. The van der Waals surface area contributed by atoms with Crippen LogP contribution in [-0.2, 0) is 6.54 Å². The molecule has 0 amide bonds. The van der Waals surface area contributed by atoms with Crippen LogP contribution in [0.4, 0.5) is 0 Å². The highest BCUT2D eigenvalue weighted by molar-refractivity contribution is 9.10. The normalized spacial score (nSPS) is 10.6. The van der Waals surface area contributed by atoms with Gasteiger partial charge in [-0.1, -0.05) is 6.92 Å². The summed E-state index contributed by atoms with van der Waals surface area (Å²) in [5, 5.41) is 3.26. The van der Waals surface area contributed by atoms with Gasteiger partial charge in [0.2, 0.25) is 0 Å². The van der Waals surface area contributed by atoms with Crippen molar-refractivity contribution in [2.75, 3.05) is 6.54 Å². The standard InChI is InChI=1S/C13H15BrN4/c1-3-15-8-11-6-9(2)17-13(18-11)12-5-4-10(14)7-16-12/h4-7,15H,3,8H2,1-2H3. The molecule has 0 unspecified atom stereocenters. The molecule has 0 saturated carbocycles. The second kappa shape index (κ2) is 6.02. The van der Waals surface area contributed by atoms with Crippen LogP contribution in [0, 0.1) is 6.92 Å². The van der Waals surface area contributed by atoms with E-state index in [4.69, 9.17) is 0 Å². The van der Waals surface area contributed by atoms with Gasteiger partial charge in [0.05, 0.1) is 5.69 Å². The molecule has 0 aromatic carbocycles. The molecule has 0 saturated heterocycles. The minimum absolute atomic E-state index is 0.676. The molecule has 5 heteroatoms. The van der Waals surface area contributed by atoms with Gasteiger partial charge in [0, 0.05) is 22.9 Å². The SMILES string of the molecule is CCNCc1cc(C)nc(-c2ccc(Br)cn2)n1. The number of nitrogens with zero attached hydrogens (tertiary/aromatic N) is 3. The van der Waals surface area contributed by atoms with E-state index < -0.39 is 0 Å². The molecule has 0 spiro atoms. The van der Waals surface area contributed by atoms with Gasteiger partial charge in [-0.3, -0.25) is 4.98 Å². The van der Waals surface area contributed by atoms with E-state index in [1.165, 1.54) is 0 Å². The topological polar surface area (TPSA) is 50.7 Å². The van der Waals surface area contributed by atoms with Crippen molar-refractivity contribution >= 4 is 15.9 Å². The summed E-state index contributed by atoms with van der Waals surface area (Å²) in [6.07, 6.45) is 1.75. The van der Waals surface area contributed by atoms with Crippen LogP contribution in [0.5, 0.6) is 0 Å². The van der Waals surface area contributed by atoms with Crippen molar-refractivity contribution < 1.29 is 0 Å². The zero-order valence-corrected chi connectivity index (χ0v) is 12.0. The number of aromatic nitrogens is 3. The fourth-order valence-electron chi connectivity index (χ4n) is 1.60. The van der Waals surface area contributed by atoms with Crippen LogP contribution in [0.25, 0.3) is 11.5 Å². The van der Waals surface area contributed by atoms with Gasteiger partial charge in [-0.05, 0) is 47.6 Å². The molecule has 2 aromatic heterocycles. The van der Waals surface area contributed by atoms with Crippen LogP contribution >= 0.6 is 15.9 Å². The van der Waals surface area contributed by atoms with Gasteiger partial charge in [0.25, 0.3) is 0 Å². The van der Waals surface area contributed by atoms with Crippen LogP contribution in [0.1, 0.15) is 18.3 Å². The Labute approximate surface area is 115 Å². The molecule has 0 radical (unpaired) electrons. The van der Waals surface area contributed by atoms with Crippen molar-refractivity contribution in [3.63, 3.8) is 0 Å². The summed E-state index contributed by atoms with van der Waals surface area (Å²) in [4.78, 5) is 13.3. The molecule has 94 valence electrons. The molecule has 0 bridgehead atoms. The maximum absolute atomic E-state index is 4.52. The summed E-state index contributed by atoms with van der Waals surface area (Å²) in [7, 11) is 0. The van der Waals surface area contributed by atoms with E-state index in [9.17, 15) is 0 Å². The largest absolute Gasteiger partial charge is 0.311 e. The number of hydrogen-bond donors (Lipinski definition) is 1. The molecular weight excluding hydrogens is 292 g/mol. The van der Waals surface area contributed by atoms with Gasteiger partial charge in [-0.2, -0.15) is 0 Å². The number of pyridine rings is 1. The Morgan fingerprint density at radius 1 is 1.28 bits per heavy atom. The highest BCUT2D eigenvalue weighted by atomic mass is 79.9. The summed E-state index contributed by atoms with van der Waals surface area (Å²) >= 11 is 3.37. The Hall–Kier alpha value is -1.33. The number of aryl methyl sites for hydroxylation is 1. The smallest absolute Gasteiger partial charge is 0.178 e. The molecule has 0 atom stereocenters. The van der Waals surface area contributed by atoms with Crippen LogP contribution in [0.15, 0.2) is 28.9 Å². The zero-order valence-electron chi connectivity index (χ0n) is 10.4. The molecule has 2 heterocycles. The molecule has 0 aliphatic carbocycles. The van der Waals surface area contributed by atoms with Gasteiger partial charge < -0.3 is 5.32 Å². The molecule has 18 heavy (non-hydrogen) atoms. The summed E-state index contributed by atoms with van der Waals surface area (Å²) in [5.74, 6) is 0.676. The van der Waals surface area contributed by atoms with Crippen molar-refractivity contribution in [3.05, 3.63) is 40.3 Å². The predicted octanol–water partition coefficient (Wildman–Crippen LogP) is 2.72. The number of halogens is 1. The first-order chi connectivity index (χ1) is 8.69. The van der Waals surface area contributed by atoms with E-state index in [2.05, 4.69) is 43.1 Å². The van der Waals surface area contributed by atoms with E-state index in [1.807, 2.05) is 25.1 Å². The van der Waals surface area contributed by atoms with Gasteiger partial charge in [-0.15, -0.1) is 0 Å². The molecular formula is C13H15BrN4. The highest BCUT2D eigenvalue weighted by Crippen LogP contribution is 2.16. The Morgan fingerprint density at radius 3 is 2.78 bits per heavy atom. The quantitative estimate of drug-likeness (QED) is 0.943. The van der Waals surface area contributed by atoms with Crippen LogP contribution in [-0.4, -0.2) is 21.5 Å². The van der Waals surface area contributed by atoms with Gasteiger partial charge in [0.1, 0.15) is 5.69 Å². The second-order valence-corrected chi connectivity index (χ2v) is 4.88. The average Bonchev–Trinajstić information content (AvgIpc) is 2.36. The average molecular weight is 307 g/mol. The minimum atomic E-state index is 0.676. The number of nitrogens with one attached hydrogen (secondary N) is 1. The lowest BCUT2D eigenvalue weighted by atomic mass is 10.3. The number of rotatable bonds is 4. The Balaban J connectivity index is 2.32. The molecule has 2 aromatic rings. The molecule has 4 nitrogen and oxygen atoms in total. The Bertz CT molecular complexity index is 525. The highest BCUT2D eigenvalue weighted by Gasteiger charge is 2.06. The van der Waals surface area contributed by atoms with E-state index in [-0.39, 0.29) is 0 Å². The first kappa shape index (κ1) is 13.1. The third kappa shape index (κ3) is 3.34. The van der Waals surface area contributed by atoms with Crippen molar-refractivity contribution in [2.24, 2.45) is 0 Å². The number of hydrogen-bond acceptors (Lipinski definition) is 4. The van der Waals surface area contributed by atoms with Crippen molar-refractivity contribution in [3.8, 4) is 11.5 Å². The first-order valence-corrected chi connectivity index (χ1v) is 6.65. The molecule has 0 aliphatic heterocycles. The fourth-order valence-corrected chi connectivity index (χ4v) is 1.83. The minimum Gasteiger partial charge on any atom is -0.311 e. The maximum Gasteiger partial charge on any atom is 0.178 e. The third-order valence-corrected chi connectivity index (χ3v) is 2.89. The van der Waals surface area contributed by atoms with E-state index in [0.29, 0.717) is 5.82 Å². The van der Waals surface area contributed by atoms with Gasteiger partial charge in [0.15, 0.2) is 5.82 Å². The van der Waals surface area contributed by atoms with E-state index >= 15 is 0 Å². The van der Waals surface area contributed by atoms with Gasteiger partial charge >= 0.3 is 0 Å². The van der Waals surface area contributed by atoms with Crippen molar-refractivity contribution in [1.29, 1.82) is 0 Å². The Kier molecular flexibility index (Phi) is 4.38. The lowest BCUT2D eigenvalue weighted by Crippen LogP contribution is -2.13. The molecule has 0 aliphatic rings. The monoisotopic (exact) mass is 306 g/mol. The maximum atomic E-state index is 4.52. The molecule has 2 rings (SSSR count). The summed E-state index contributed by atoms with van der Waals surface area (Å²) in [6, 6.07) is 5.85. The van der Waals surface area contributed by atoms with Crippen LogP contribution < -0.4 is 5.32 Å².